The zero-order chi connectivity index (χ0) is 12.3. The van der Waals surface area contributed by atoms with Crippen molar-refractivity contribution in [1.29, 1.82) is 0 Å². The monoisotopic (exact) mass is 236 g/mol. The Labute approximate surface area is 101 Å². The third-order valence-corrected chi connectivity index (χ3v) is 3.15. The average Bonchev–Trinajstić information content (AvgIpc) is 2.84. The zero-order valence-corrected chi connectivity index (χ0v) is 9.95. The lowest BCUT2D eigenvalue weighted by molar-refractivity contribution is -0.134. The van der Waals surface area contributed by atoms with Crippen LogP contribution in [0, 0.1) is 11.7 Å². The SMILES string of the molecule is CN(Cc1ccccc1F)C(=O)C1CCNC1. The standard InChI is InChI=1S/C13H17FN2O/c1-16(13(17)10-6-7-15-8-10)9-11-4-2-3-5-12(11)14/h2-5,10,15H,6-9H2,1H3. The van der Waals surface area contributed by atoms with Crippen molar-refractivity contribution in [3.8, 4) is 0 Å². The number of rotatable bonds is 3. The van der Waals surface area contributed by atoms with Gasteiger partial charge in [0, 0.05) is 25.7 Å². The molecule has 0 aromatic heterocycles. The minimum Gasteiger partial charge on any atom is -0.341 e. The molecule has 1 unspecified atom stereocenters. The van der Waals surface area contributed by atoms with Crippen LogP contribution in [0.5, 0.6) is 0 Å². The van der Waals surface area contributed by atoms with Crippen molar-refractivity contribution in [2.45, 2.75) is 13.0 Å². The predicted octanol–water partition coefficient (Wildman–Crippen LogP) is 1.39. The molecule has 0 aliphatic carbocycles. The first-order valence-corrected chi connectivity index (χ1v) is 5.87. The lowest BCUT2D eigenvalue weighted by atomic mass is 10.1. The molecular formula is C13H17FN2O. The average molecular weight is 236 g/mol. The number of carbonyl (C=O) groups excluding carboxylic acids is 1. The van der Waals surface area contributed by atoms with Crippen LogP contribution in [0.1, 0.15) is 12.0 Å². The molecule has 1 fully saturated rings. The number of hydrogen-bond donors (Lipinski definition) is 1. The molecular weight excluding hydrogens is 219 g/mol. The Morgan fingerprint density at radius 3 is 2.94 bits per heavy atom. The fourth-order valence-corrected chi connectivity index (χ4v) is 2.14. The molecule has 1 aromatic carbocycles. The molecule has 3 nitrogen and oxygen atoms in total. The number of nitrogens with zero attached hydrogens (tertiary/aromatic N) is 1. The number of nitrogens with one attached hydrogen (secondary N) is 1. The minimum absolute atomic E-state index is 0.0479. The van der Waals surface area contributed by atoms with Crippen LogP contribution in [0.15, 0.2) is 24.3 Å². The molecule has 4 heteroatoms. The van der Waals surface area contributed by atoms with Crippen LogP contribution in [0.25, 0.3) is 0 Å². The summed E-state index contributed by atoms with van der Waals surface area (Å²) in [6.45, 7) is 1.96. The molecule has 1 aliphatic heterocycles. The summed E-state index contributed by atoms with van der Waals surface area (Å²) in [7, 11) is 1.73. The van der Waals surface area contributed by atoms with Gasteiger partial charge in [0.1, 0.15) is 5.82 Å². The quantitative estimate of drug-likeness (QED) is 0.860. The van der Waals surface area contributed by atoms with Gasteiger partial charge in [-0.15, -0.1) is 0 Å². The van der Waals surface area contributed by atoms with Gasteiger partial charge in [-0.2, -0.15) is 0 Å². The van der Waals surface area contributed by atoms with Crippen molar-refractivity contribution in [3.63, 3.8) is 0 Å². The van der Waals surface area contributed by atoms with E-state index in [4.69, 9.17) is 0 Å². The molecule has 2 rings (SSSR count). The van der Waals surface area contributed by atoms with Gasteiger partial charge in [-0.3, -0.25) is 4.79 Å². The van der Waals surface area contributed by atoms with Crippen LogP contribution in [0.3, 0.4) is 0 Å². The maximum atomic E-state index is 13.4. The van der Waals surface area contributed by atoms with Crippen LogP contribution in [0.2, 0.25) is 0 Å². The fourth-order valence-electron chi connectivity index (χ4n) is 2.14. The van der Waals surface area contributed by atoms with Crippen LogP contribution < -0.4 is 5.32 Å². The Morgan fingerprint density at radius 2 is 2.29 bits per heavy atom. The first-order chi connectivity index (χ1) is 8.18. The topological polar surface area (TPSA) is 32.3 Å². The third kappa shape index (κ3) is 2.82. The maximum Gasteiger partial charge on any atom is 0.227 e. The number of carbonyl (C=O) groups is 1. The van der Waals surface area contributed by atoms with E-state index in [1.165, 1.54) is 6.07 Å². The van der Waals surface area contributed by atoms with Gasteiger partial charge in [-0.1, -0.05) is 18.2 Å². The summed E-state index contributed by atoms with van der Waals surface area (Å²) in [5.74, 6) is -0.110. The Hall–Kier alpha value is -1.42. The van der Waals surface area contributed by atoms with E-state index in [9.17, 15) is 9.18 Å². The van der Waals surface area contributed by atoms with Crippen LogP contribution >= 0.6 is 0 Å². The fraction of sp³-hybridized carbons (Fsp3) is 0.462. The van der Waals surface area contributed by atoms with Gasteiger partial charge in [0.05, 0.1) is 5.92 Å². The van der Waals surface area contributed by atoms with E-state index < -0.39 is 0 Å². The molecule has 1 atom stereocenters. The largest absolute Gasteiger partial charge is 0.341 e. The second kappa shape index (κ2) is 5.27. The summed E-state index contributed by atoms with van der Waals surface area (Å²) in [5.41, 5.74) is 0.564. The summed E-state index contributed by atoms with van der Waals surface area (Å²) in [6.07, 6.45) is 0.875. The van der Waals surface area contributed by atoms with Gasteiger partial charge < -0.3 is 10.2 Å². The number of halogens is 1. The van der Waals surface area contributed by atoms with Gasteiger partial charge in [0.2, 0.25) is 5.91 Å². The third-order valence-electron chi connectivity index (χ3n) is 3.15. The first-order valence-electron chi connectivity index (χ1n) is 5.87. The highest BCUT2D eigenvalue weighted by atomic mass is 19.1. The molecule has 1 heterocycles. The van der Waals surface area contributed by atoms with Crippen molar-refractivity contribution in [2.24, 2.45) is 5.92 Å². The van der Waals surface area contributed by atoms with Crippen molar-refractivity contribution in [3.05, 3.63) is 35.6 Å². The van der Waals surface area contributed by atoms with Gasteiger partial charge in [-0.25, -0.2) is 4.39 Å². The molecule has 1 saturated heterocycles. The molecule has 0 saturated carbocycles. The molecule has 0 spiro atoms. The van der Waals surface area contributed by atoms with Crippen molar-refractivity contribution in [1.82, 2.24) is 10.2 Å². The van der Waals surface area contributed by atoms with Gasteiger partial charge in [0.25, 0.3) is 0 Å². The van der Waals surface area contributed by atoms with Crippen LogP contribution in [-0.4, -0.2) is 30.9 Å². The summed E-state index contributed by atoms with van der Waals surface area (Å²) in [6, 6.07) is 6.58. The second-order valence-electron chi connectivity index (χ2n) is 4.48. The Kier molecular flexibility index (Phi) is 3.74. The molecule has 0 radical (unpaired) electrons. The molecule has 1 aromatic rings. The molecule has 1 N–H and O–H groups in total. The van der Waals surface area contributed by atoms with E-state index in [-0.39, 0.29) is 17.6 Å². The predicted molar refractivity (Wildman–Crippen MR) is 63.9 cm³/mol. The highest BCUT2D eigenvalue weighted by molar-refractivity contribution is 5.79. The van der Waals surface area contributed by atoms with Crippen molar-refractivity contribution < 1.29 is 9.18 Å². The Balaban J connectivity index is 1.99. The van der Waals surface area contributed by atoms with E-state index in [2.05, 4.69) is 5.32 Å². The van der Waals surface area contributed by atoms with Crippen molar-refractivity contribution in [2.75, 3.05) is 20.1 Å². The minimum atomic E-state index is -0.253. The molecule has 0 bridgehead atoms. The summed E-state index contributed by atoms with van der Waals surface area (Å²) in [4.78, 5) is 13.6. The number of benzene rings is 1. The Bertz CT molecular complexity index is 402. The molecule has 17 heavy (non-hydrogen) atoms. The summed E-state index contributed by atoms with van der Waals surface area (Å²) in [5, 5.41) is 3.16. The maximum absolute atomic E-state index is 13.4. The van der Waals surface area contributed by atoms with E-state index in [1.54, 1.807) is 30.1 Å². The van der Waals surface area contributed by atoms with E-state index >= 15 is 0 Å². The Morgan fingerprint density at radius 1 is 1.53 bits per heavy atom. The van der Waals surface area contributed by atoms with E-state index in [1.807, 2.05) is 0 Å². The highest BCUT2D eigenvalue weighted by Crippen LogP contribution is 2.14. The number of hydrogen-bond acceptors (Lipinski definition) is 2. The highest BCUT2D eigenvalue weighted by Gasteiger charge is 2.25. The lowest BCUT2D eigenvalue weighted by Gasteiger charge is -2.20. The molecule has 92 valence electrons. The van der Waals surface area contributed by atoms with Gasteiger partial charge in [0.15, 0.2) is 0 Å². The molecule has 1 amide bonds. The van der Waals surface area contributed by atoms with Crippen LogP contribution in [0.4, 0.5) is 4.39 Å². The van der Waals surface area contributed by atoms with E-state index in [0.717, 1.165) is 19.5 Å². The zero-order valence-electron chi connectivity index (χ0n) is 9.95. The van der Waals surface area contributed by atoms with Gasteiger partial charge >= 0.3 is 0 Å². The van der Waals surface area contributed by atoms with E-state index in [0.29, 0.717) is 12.1 Å². The second-order valence-corrected chi connectivity index (χ2v) is 4.48. The van der Waals surface area contributed by atoms with Gasteiger partial charge in [-0.05, 0) is 19.0 Å². The smallest absolute Gasteiger partial charge is 0.227 e. The van der Waals surface area contributed by atoms with Crippen LogP contribution in [-0.2, 0) is 11.3 Å². The first kappa shape index (κ1) is 12.0. The van der Waals surface area contributed by atoms with Crippen molar-refractivity contribution >= 4 is 5.91 Å². The number of amides is 1. The summed E-state index contributed by atoms with van der Waals surface area (Å²) >= 11 is 0. The summed E-state index contributed by atoms with van der Waals surface area (Å²) < 4.78 is 13.4. The lowest BCUT2D eigenvalue weighted by Crippen LogP contribution is -2.33. The normalized spacial score (nSPS) is 19.3. The molecule has 1 aliphatic rings.